The van der Waals surface area contributed by atoms with E-state index in [1.807, 2.05) is 0 Å². The van der Waals surface area contributed by atoms with Gasteiger partial charge in [-0.25, -0.2) is 0 Å². The van der Waals surface area contributed by atoms with Crippen LogP contribution >= 0.6 is 34.8 Å². The summed E-state index contributed by atoms with van der Waals surface area (Å²) in [5, 5.41) is 7.31. The molecule has 2 saturated heterocycles. The van der Waals surface area contributed by atoms with Gasteiger partial charge in [-0.1, -0.05) is 34.8 Å². The van der Waals surface area contributed by atoms with E-state index in [9.17, 15) is 4.79 Å². The van der Waals surface area contributed by atoms with E-state index < -0.39 is 0 Å². The highest BCUT2D eigenvalue weighted by molar-refractivity contribution is 6.42. The molecular weight excluding hydrogens is 333 g/mol. The van der Waals surface area contributed by atoms with Crippen molar-refractivity contribution in [2.24, 2.45) is 11.8 Å². The minimum Gasteiger partial charge on any atom is -0.322 e. The van der Waals surface area contributed by atoms with Gasteiger partial charge >= 0.3 is 0 Å². The smallest absolute Gasteiger partial charge is 0.238 e. The first-order chi connectivity index (χ1) is 10.0. The van der Waals surface area contributed by atoms with Crippen molar-refractivity contribution in [2.75, 3.05) is 38.0 Å². The normalized spacial score (nSPS) is 25.1. The van der Waals surface area contributed by atoms with E-state index in [1.165, 1.54) is 0 Å². The fourth-order valence-corrected chi connectivity index (χ4v) is 4.04. The second-order valence-corrected chi connectivity index (χ2v) is 6.92. The fourth-order valence-electron chi connectivity index (χ4n) is 3.13. The van der Waals surface area contributed by atoms with Crippen molar-refractivity contribution in [1.82, 2.24) is 10.2 Å². The molecule has 2 heterocycles. The molecule has 0 aromatic heterocycles. The molecule has 7 heteroatoms. The van der Waals surface area contributed by atoms with Crippen LogP contribution in [0, 0.1) is 11.8 Å². The number of anilines is 1. The Bertz CT molecular complexity index is 531. The predicted octanol–water partition coefficient (Wildman–Crippen LogP) is 2.74. The summed E-state index contributed by atoms with van der Waals surface area (Å²) in [7, 11) is 0. The van der Waals surface area contributed by atoms with Crippen LogP contribution < -0.4 is 10.6 Å². The molecule has 2 N–H and O–H groups in total. The summed E-state index contributed by atoms with van der Waals surface area (Å²) in [5.74, 6) is 1.23. The third-order valence-corrected chi connectivity index (χ3v) is 4.92. The number of fused-ring (bicyclic) bond motifs is 1. The zero-order chi connectivity index (χ0) is 15.0. The highest BCUT2D eigenvalue weighted by Crippen LogP contribution is 2.33. The van der Waals surface area contributed by atoms with Crippen LogP contribution in [0.25, 0.3) is 0 Å². The molecule has 0 radical (unpaired) electrons. The van der Waals surface area contributed by atoms with Gasteiger partial charge in [-0.2, -0.15) is 0 Å². The Balaban J connectivity index is 1.60. The van der Waals surface area contributed by atoms with Crippen LogP contribution in [0.15, 0.2) is 12.1 Å². The molecule has 1 amide bonds. The van der Waals surface area contributed by atoms with Gasteiger partial charge in [0.1, 0.15) is 0 Å². The molecule has 2 fully saturated rings. The largest absolute Gasteiger partial charge is 0.322 e. The molecule has 4 nitrogen and oxygen atoms in total. The van der Waals surface area contributed by atoms with Gasteiger partial charge < -0.3 is 10.6 Å². The molecular formula is C14H16Cl3N3O. The Kier molecular flexibility index (Phi) is 4.62. The van der Waals surface area contributed by atoms with E-state index in [1.54, 1.807) is 12.1 Å². The number of nitrogens with one attached hydrogen (secondary N) is 2. The number of carbonyl (C=O) groups is 1. The molecule has 114 valence electrons. The lowest BCUT2D eigenvalue weighted by atomic mass is 10.0. The van der Waals surface area contributed by atoms with Crippen molar-refractivity contribution in [3.05, 3.63) is 27.2 Å². The van der Waals surface area contributed by atoms with Crippen LogP contribution in [0.5, 0.6) is 0 Å². The van der Waals surface area contributed by atoms with Crippen molar-refractivity contribution in [1.29, 1.82) is 0 Å². The zero-order valence-corrected chi connectivity index (χ0v) is 13.6. The third kappa shape index (κ3) is 3.46. The van der Waals surface area contributed by atoms with Gasteiger partial charge in [-0.05, 0) is 37.1 Å². The molecule has 0 spiro atoms. The number of halogens is 3. The number of hydrogen-bond donors (Lipinski definition) is 2. The fraction of sp³-hybridized carbons (Fsp3) is 0.500. The van der Waals surface area contributed by atoms with Gasteiger partial charge in [0.05, 0.1) is 22.3 Å². The molecule has 3 rings (SSSR count). The van der Waals surface area contributed by atoms with E-state index in [0.29, 0.717) is 39.1 Å². The Hall–Kier alpha value is -0.520. The highest BCUT2D eigenvalue weighted by atomic mass is 35.5. The van der Waals surface area contributed by atoms with Crippen molar-refractivity contribution < 1.29 is 4.79 Å². The third-order valence-electron chi connectivity index (χ3n) is 4.10. The number of amides is 1. The minimum atomic E-state index is -0.103. The molecule has 0 aliphatic carbocycles. The zero-order valence-electron chi connectivity index (χ0n) is 11.3. The summed E-state index contributed by atoms with van der Waals surface area (Å²) in [6.07, 6.45) is 0. The van der Waals surface area contributed by atoms with Crippen LogP contribution in [-0.2, 0) is 4.79 Å². The first-order valence-electron chi connectivity index (χ1n) is 6.90. The number of nitrogens with zero attached hydrogens (tertiary/aromatic N) is 1. The number of benzene rings is 1. The summed E-state index contributed by atoms with van der Waals surface area (Å²) in [5.41, 5.74) is 0.425. The number of likely N-dealkylation sites (tertiary alicyclic amines) is 1. The van der Waals surface area contributed by atoms with Crippen molar-refractivity contribution in [2.45, 2.75) is 0 Å². The molecule has 0 saturated carbocycles. The Morgan fingerprint density at radius 2 is 1.76 bits per heavy atom. The second kappa shape index (κ2) is 6.31. The summed E-state index contributed by atoms with van der Waals surface area (Å²) < 4.78 is 0. The lowest BCUT2D eigenvalue weighted by Gasteiger charge is -2.17. The van der Waals surface area contributed by atoms with E-state index in [-0.39, 0.29) is 5.91 Å². The van der Waals surface area contributed by atoms with Gasteiger partial charge in [0, 0.05) is 18.1 Å². The van der Waals surface area contributed by atoms with Gasteiger partial charge in [-0.15, -0.1) is 0 Å². The van der Waals surface area contributed by atoms with Crippen LogP contribution in [0.3, 0.4) is 0 Å². The first-order valence-corrected chi connectivity index (χ1v) is 8.04. The maximum absolute atomic E-state index is 12.2. The lowest BCUT2D eigenvalue weighted by Crippen LogP contribution is -2.33. The van der Waals surface area contributed by atoms with E-state index in [2.05, 4.69) is 15.5 Å². The van der Waals surface area contributed by atoms with E-state index in [4.69, 9.17) is 34.8 Å². The average molecular weight is 349 g/mol. The van der Waals surface area contributed by atoms with Crippen molar-refractivity contribution >= 4 is 46.4 Å². The summed E-state index contributed by atoms with van der Waals surface area (Å²) in [6.45, 7) is 4.40. The molecule has 1 aromatic carbocycles. The van der Waals surface area contributed by atoms with Crippen molar-refractivity contribution in [3.63, 3.8) is 0 Å². The van der Waals surface area contributed by atoms with Gasteiger partial charge in [0.2, 0.25) is 5.91 Å². The number of carbonyl (C=O) groups excluding carboxylic acids is 1. The Labute approximate surface area is 138 Å². The lowest BCUT2D eigenvalue weighted by molar-refractivity contribution is -0.117. The molecule has 0 unspecified atom stereocenters. The SMILES string of the molecule is O=C(CN1C[C@H]2CNC[C@H]2C1)Nc1c(Cl)cc(Cl)cc1Cl. The van der Waals surface area contributed by atoms with Gasteiger partial charge in [-0.3, -0.25) is 9.69 Å². The van der Waals surface area contributed by atoms with Crippen LogP contribution in [0.4, 0.5) is 5.69 Å². The summed E-state index contributed by atoms with van der Waals surface area (Å²) in [4.78, 5) is 14.3. The van der Waals surface area contributed by atoms with Gasteiger partial charge in [0.25, 0.3) is 0 Å². The van der Waals surface area contributed by atoms with Crippen LogP contribution in [0.2, 0.25) is 15.1 Å². The van der Waals surface area contributed by atoms with Gasteiger partial charge in [0.15, 0.2) is 0 Å². The molecule has 1 aromatic rings. The molecule has 2 aliphatic heterocycles. The van der Waals surface area contributed by atoms with Crippen LogP contribution in [-0.4, -0.2) is 43.5 Å². The highest BCUT2D eigenvalue weighted by Gasteiger charge is 2.36. The maximum Gasteiger partial charge on any atom is 0.238 e. The van der Waals surface area contributed by atoms with Crippen molar-refractivity contribution in [3.8, 4) is 0 Å². The minimum absolute atomic E-state index is 0.103. The molecule has 2 aliphatic rings. The standard InChI is InChI=1S/C14H16Cl3N3O/c15-10-1-11(16)14(12(17)2-10)19-13(21)7-20-5-8-3-18-4-9(8)6-20/h1-2,8-9,18H,3-7H2,(H,19,21)/t8-,9+. The average Bonchev–Trinajstić information content (AvgIpc) is 2.94. The molecule has 2 atom stereocenters. The van der Waals surface area contributed by atoms with E-state index >= 15 is 0 Å². The maximum atomic E-state index is 12.2. The second-order valence-electron chi connectivity index (χ2n) is 5.67. The Morgan fingerprint density at radius 3 is 2.33 bits per heavy atom. The summed E-state index contributed by atoms with van der Waals surface area (Å²) >= 11 is 18.0. The molecule has 0 bridgehead atoms. The van der Waals surface area contributed by atoms with E-state index in [0.717, 1.165) is 26.2 Å². The Morgan fingerprint density at radius 1 is 1.19 bits per heavy atom. The quantitative estimate of drug-likeness (QED) is 0.883. The first kappa shape index (κ1) is 15.4. The summed E-state index contributed by atoms with van der Waals surface area (Å²) in [6, 6.07) is 3.13. The molecule has 21 heavy (non-hydrogen) atoms. The topological polar surface area (TPSA) is 44.4 Å². The predicted molar refractivity (Wildman–Crippen MR) is 86.4 cm³/mol. The number of hydrogen-bond acceptors (Lipinski definition) is 3. The number of rotatable bonds is 3. The van der Waals surface area contributed by atoms with Crippen LogP contribution in [0.1, 0.15) is 0 Å². The monoisotopic (exact) mass is 347 g/mol.